The fourth-order valence-electron chi connectivity index (χ4n) is 4.10. The number of nitrogens with one attached hydrogen (secondary N) is 1. The number of hydrogen-bond donors (Lipinski definition) is 1. The number of para-hydroxylation sites is 1. The van der Waals surface area contributed by atoms with E-state index in [9.17, 15) is 4.79 Å². The SMILES string of the molecule is Cc1nn(Cc2ccc(C#N)cc2)c(C)c1NC(=O)c1cc(-c2ccncc2)nc2ccccc12. The molecule has 0 aliphatic carbocycles. The van der Waals surface area contributed by atoms with Gasteiger partial charge in [0, 0.05) is 23.3 Å². The van der Waals surface area contributed by atoms with Crippen molar-refractivity contribution in [3.63, 3.8) is 0 Å². The average Bonchev–Trinajstić information content (AvgIpc) is 3.16. The third-order valence-corrected chi connectivity index (χ3v) is 5.97. The molecule has 0 aliphatic rings. The highest BCUT2D eigenvalue weighted by Crippen LogP contribution is 2.27. The van der Waals surface area contributed by atoms with Crippen molar-refractivity contribution in [2.45, 2.75) is 20.4 Å². The largest absolute Gasteiger partial charge is 0.319 e. The highest BCUT2D eigenvalue weighted by Gasteiger charge is 2.19. The van der Waals surface area contributed by atoms with E-state index in [1.54, 1.807) is 24.5 Å². The smallest absolute Gasteiger partial charge is 0.256 e. The van der Waals surface area contributed by atoms with Crippen LogP contribution < -0.4 is 5.32 Å². The third kappa shape index (κ3) is 4.37. The van der Waals surface area contributed by atoms with E-state index in [0.717, 1.165) is 33.4 Å². The van der Waals surface area contributed by atoms with Gasteiger partial charge in [0.25, 0.3) is 5.91 Å². The van der Waals surface area contributed by atoms with Gasteiger partial charge >= 0.3 is 0 Å². The number of anilines is 1. The minimum Gasteiger partial charge on any atom is -0.319 e. The Morgan fingerprint density at radius 2 is 1.77 bits per heavy atom. The highest BCUT2D eigenvalue weighted by atomic mass is 16.1. The fraction of sp³-hybridized carbons (Fsp3) is 0.107. The second kappa shape index (κ2) is 9.20. The van der Waals surface area contributed by atoms with Crippen molar-refractivity contribution in [3.05, 3.63) is 107 Å². The molecule has 5 rings (SSSR count). The molecule has 7 nitrogen and oxygen atoms in total. The van der Waals surface area contributed by atoms with Gasteiger partial charge in [0.1, 0.15) is 0 Å². The number of benzene rings is 2. The lowest BCUT2D eigenvalue weighted by Crippen LogP contribution is -2.14. The van der Waals surface area contributed by atoms with Gasteiger partial charge < -0.3 is 5.32 Å². The van der Waals surface area contributed by atoms with Crippen molar-refractivity contribution in [1.82, 2.24) is 19.7 Å². The summed E-state index contributed by atoms with van der Waals surface area (Å²) in [5.41, 5.74) is 6.81. The van der Waals surface area contributed by atoms with Crippen molar-refractivity contribution in [2.75, 3.05) is 5.32 Å². The number of aryl methyl sites for hydroxylation is 1. The lowest BCUT2D eigenvalue weighted by molar-refractivity contribution is 0.102. The van der Waals surface area contributed by atoms with Crippen LogP contribution in [0.25, 0.3) is 22.2 Å². The molecule has 0 radical (unpaired) electrons. The number of nitriles is 1. The van der Waals surface area contributed by atoms with E-state index < -0.39 is 0 Å². The molecule has 170 valence electrons. The molecule has 0 saturated heterocycles. The van der Waals surface area contributed by atoms with Crippen LogP contribution in [0.2, 0.25) is 0 Å². The number of nitrogens with zero attached hydrogens (tertiary/aromatic N) is 5. The summed E-state index contributed by atoms with van der Waals surface area (Å²) in [6.45, 7) is 4.36. The fourth-order valence-corrected chi connectivity index (χ4v) is 4.10. The normalized spacial score (nSPS) is 10.8. The maximum absolute atomic E-state index is 13.5. The zero-order valence-electron chi connectivity index (χ0n) is 19.4. The Morgan fingerprint density at radius 1 is 1.03 bits per heavy atom. The van der Waals surface area contributed by atoms with Gasteiger partial charge in [0.15, 0.2) is 0 Å². The summed E-state index contributed by atoms with van der Waals surface area (Å²) < 4.78 is 1.86. The van der Waals surface area contributed by atoms with E-state index in [1.165, 1.54) is 0 Å². The van der Waals surface area contributed by atoms with Crippen molar-refractivity contribution in [2.24, 2.45) is 0 Å². The van der Waals surface area contributed by atoms with Crippen LogP contribution >= 0.6 is 0 Å². The van der Waals surface area contributed by atoms with Gasteiger partial charge in [-0.1, -0.05) is 30.3 Å². The molecule has 3 aromatic heterocycles. The Bertz CT molecular complexity index is 1580. The number of carbonyl (C=O) groups is 1. The first kappa shape index (κ1) is 22.0. The molecule has 1 amide bonds. The number of rotatable bonds is 5. The molecule has 3 heterocycles. The lowest BCUT2D eigenvalue weighted by atomic mass is 10.0. The van der Waals surface area contributed by atoms with Crippen molar-refractivity contribution < 1.29 is 4.79 Å². The molecule has 0 saturated carbocycles. The Labute approximate surface area is 202 Å². The molecule has 0 aliphatic heterocycles. The predicted octanol–water partition coefficient (Wildman–Crippen LogP) is 5.28. The first-order valence-corrected chi connectivity index (χ1v) is 11.2. The molecule has 5 aromatic rings. The minimum absolute atomic E-state index is 0.219. The first-order valence-electron chi connectivity index (χ1n) is 11.2. The number of amides is 1. The van der Waals surface area contributed by atoms with Crippen LogP contribution in [0.5, 0.6) is 0 Å². The van der Waals surface area contributed by atoms with Crippen LogP contribution in [0.3, 0.4) is 0 Å². The van der Waals surface area contributed by atoms with E-state index in [-0.39, 0.29) is 5.91 Å². The summed E-state index contributed by atoms with van der Waals surface area (Å²) in [7, 11) is 0. The number of carbonyl (C=O) groups excluding carboxylic acids is 1. The molecule has 0 spiro atoms. The molecule has 35 heavy (non-hydrogen) atoms. The second-order valence-electron chi connectivity index (χ2n) is 8.27. The maximum Gasteiger partial charge on any atom is 0.256 e. The highest BCUT2D eigenvalue weighted by molar-refractivity contribution is 6.13. The molecular weight excluding hydrogens is 436 g/mol. The first-order chi connectivity index (χ1) is 17.0. The monoisotopic (exact) mass is 458 g/mol. The van der Waals surface area contributed by atoms with Gasteiger partial charge in [-0.15, -0.1) is 0 Å². The number of aromatic nitrogens is 4. The molecule has 0 fully saturated rings. The zero-order valence-corrected chi connectivity index (χ0v) is 19.4. The minimum atomic E-state index is -0.219. The van der Waals surface area contributed by atoms with Crippen LogP contribution in [-0.4, -0.2) is 25.7 Å². The quantitative estimate of drug-likeness (QED) is 0.386. The van der Waals surface area contributed by atoms with Gasteiger partial charge in [-0.25, -0.2) is 4.98 Å². The molecular formula is C28H22N6O. The van der Waals surface area contributed by atoms with Crippen LogP contribution in [-0.2, 0) is 6.54 Å². The maximum atomic E-state index is 13.5. The van der Waals surface area contributed by atoms with Gasteiger partial charge in [0.2, 0.25) is 0 Å². The van der Waals surface area contributed by atoms with Crippen molar-refractivity contribution in [1.29, 1.82) is 5.26 Å². The van der Waals surface area contributed by atoms with Gasteiger partial charge in [-0.05, 0) is 55.8 Å². The summed E-state index contributed by atoms with van der Waals surface area (Å²) in [4.78, 5) is 22.4. The second-order valence-corrected chi connectivity index (χ2v) is 8.27. The van der Waals surface area contributed by atoms with E-state index in [1.807, 2.05) is 73.1 Å². The Kier molecular flexibility index (Phi) is 5.78. The molecule has 7 heteroatoms. The van der Waals surface area contributed by atoms with Gasteiger partial charge in [-0.2, -0.15) is 10.4 Å². The topological polar surface area (TPSA) is 96.5 Å². The summed E-state index contributed by atoms with van der Waals surface area (Å²) in [6, 6.07) is 22.7. The Balaban J connectivity index is 1.48. The summed E-state index contributed by atoms with van der Waals surface area (Å²) >= 11 is 0. The molecule has 0 bridgehead atoms. The van der Waals surface area contributed by atoms with E-state index in [0.29, 0.717) is 29.1 Å². The Morgan fingerprint density at radius 3 is 2.51 bits per heavy atom. The van der Waals surface area contributed by atoms with Crippen LogP contribution in [0.4, 0.5) is 5.69 Å². The van der Waals surface area contributed by atoms with Crippen LogP contribution in [0.1, 0.15) is 32.9 Å². The third-order valence-electron chi connectivity index (χ3n) is 5.97. The zero-order chi connectivity index (χ0) is 24.4. The summed E-state index contributed by atoms with van der Waals surface area (Å²) in [6.07, 6.45) is 3.42. The number of pyridine rings is 2. The van der Waals surface area contributed by atoms with Gasteiger partial charge in [0.05, 0.1) is 52.0 Å². The summed E-state index contributed by atoms with van der Waals surface area (Å²) in [5.74, 6) is -0.219. The molecule has 0 atom stereocenters. The number of hydrogen-bond acceptors (Lipinski definition) is 5. The average molecular weight is 459 g/mol. The van der Waals surface area contributed by atoms with Crippen LogP contribution in [0.15, 0.2) is 79.1 Å². The predicted molar refractivity (Wildman–Crippen MR) is 135 cm³/mol. The van der Waals surface area contributed by atoms with Gasteiger partial charge in [-0.3, -0.25) is 14.5 Å². The van der Waals surface area contributed by atoms with E-state index in [4.69, 9.17) is 10.2 Å². The van der Waals surface area contributed by atoms with Crippen molar-refractivity contribution in [3.8, 4) is 17.3 Å². The molecule has 0 unspecified atom stereocenters. The molecule has 1 N–H and O–H groups in total. The van der Waals surface area contributed by atoms with E-state index in [2.05, 4.69) is 21.5 Å². The molecule has 2 aromatic carbocycles. The lowest BCUT2D eigenvalue weighted by Gasteiger charge is -2.11. The van der Waals surface area contributed by atoms with E-state index >= 15 is 0 Å². The summed E-state index contributed by atoms with van der Waals surface area (Å²) in [5, 5.41) is 17.5. The van der Waals surface area contributed by atoms with Crippen LogP contribution in [0, 0.1) is 25.2 Å². The standard InChI is InChI=1S/C28H22N6O/c1-18-27(19(2)34(33-18)17-21-9-7-20(16-29)8-10-21)32-28(35)24-15-26(22-11-13-30-14-12-22)31-25-6-4-3-5-23(24)25/h3-15H,17H2,1-2H3,(H,32,35). The number of fused-ring (bicyclic) bond motifs is 1. The van der Waals surface area contributed by atoms with Crippen molar-refractivity contribution >= 4 is 22.5 Å². The Hall–Kier alpha value is -4.83.